The van der Waals surface area contributed by atoms with E-state index in [1.807, 2.05) is 30.3 Å². The Kier molecular flexibility index (Phi) is 4.60. The number of hydrogen-bond donors (Lipinski definition) is 3. The average Bonchev–Trinajstić information content (AvgIpc) is 2.80. The van der Waals surface area contributed by atoms with E-state index in [1.165, 1.54) is 0 Å². The number of nitrogens with one attached hydrogen (secondary N) is 2. The Morgan fingerprint density at radius 3 is 2.80 bits per heavy atom. The van der Waals surface area contributed by atoms with Gasteiger partial charge in [0.15, 0.2) is 5.69 Å². The van der Waals surface area contributed by atoms with Crippen LogP contribution in [-0.2, 0) is 0 Å². The molecular weight excluding hydrogens is 256 g/mol. The van der Waals surface area contributed by atoms with Gasteiger partial charge in [-0.15, -0.1) is 0 Å². The van der Waals surface area contributed by atoms with Crippen molar-refractivity contribution >= 4 is 11.6 Å². The number of H-pyrrole nitrogens is 1. The third-order valence-electron chi connectivity index (χ3n) is 2.83. The molecule has 106 valence electrons. The fourth-order valence-electron chi connectivity index (χ4n) is 1.68. The first-order chi connectivity index (χ1) is 9.68. The van der Waals surface area contributed by atoms with Crippen molar-refractivity contribution in [1.29, 1.82) is 0 Å². The molecule has 6 heteroatoms. The molecule has 0 spiro atoms. The summed E-state index contributed by atoms with van der Waals surface area (Å²) in [5, 5.41) is 9.31. The quantitative estimate of drug-likeness (QED) is 0.696. The van der Waals surface area contributed by atoms with Gasteiger partial charge in [0.25, 0.3) is 5.91 Å². The van der Waals surface area contributed by atoms with Gasteiger partial charge in [-0.2, -0.15) is 5.10 Å². The third kappa shape index (κ3) is 3.50. The van der Waals surface area contributed by atoms with Crippen LogP contribution in [0.4, 0.5) is 5.69 Å². The third-order valence-corrected chi connectivity index (χ3v) is 2.83. The molecule has 1 aromatic carbocycles. The Balaban J connectivity index is 1.69. The lowest BCUT2D eigenvalue weighted by atomic mass is 10.3. The molecule has 2 aromatic rings. The summed E-state index contributed by atoms with van der Waals surface area (Å²) in [6.45, 7) is 2.82. The van der Waals surface area contributed by atoms with Crippen molar-refractivity contribution in [1.82, 2.24) is 15.5 Å². The first-order valence-corrected chi connectivity index (χ1v) is 6.45. The van der Waals surface area contributed by atoms with Crippen LogP contribution in [0.25, 0.3) is 0 Å². The van der Waals surface area contributed by atoms with E-state index >= 15 is 0 Å². The number of aryl methyl sites for hydroxylation is 1. The number of carbonyl (C=O) groups is 1. The van der Waals surface area contributed by atoms with Crippen molar-refractivity contribution < 1.29 is 9.53 Å². The minimum Gasteiger partial charge on any atom is -0.494 e. The summed E-state index contributed by atoms with van der Waals surface area (Å²) in [5.41, 5.74) is 7.06. The van der Waals surface area contributed by atoms with Crippen molar-refractivity contribution in [2.24, 2.45) is 0 Å². The second kappa shape index (κ2) is 6.60. The molecule has 0 saturated carbocycles. The fourth-order valence-corrected chi connectivity index (χ4v) is 1.68. The molecule has 0 fully saturated rings. The van der Waals surface area contributed by atoms with Crippen LogP contribution in [0.2, 0.25) is 0 Å². The van der Waals surface area contributed by atoms with Crippen LogP contribution in [0.3, 0.4) is 0 Å². The number of anilines is 1. The predicted molar refractivity (Wildman–Crippen MR) is 76.6 cm³/mol. The number of carbonyl (C=O) groups excluding carboxylic acids is 1. The molecule has 0 aliphatic rings. The van der Waals surface area contributed by atoms with E-state index in [-0.39, 0.29) is 11.6 Å². The summed E-state index contributed by atoms with van der Waals surface area (Å²) in [7, 11) is 0. The molecule has 0 unspecified atom stereocenters. The molecule has 0 atom stereocenters. The van der Waals surface area contributed by atoms with Gasteiger partial charge in [-0.25, -0.2) is 0 Å². The van der Waals surface area contributed by atoms with Gasteiger partial charge in [0.2, 0.25) is 0 Å². The summed E-state index contributed by atoms with van der Waals surface area (Å²) < 4.78 is 5.52. The predicted octanol–water partition coefficient (Wildman–Crippen LogP) is 1.50. The number of ether oxygens (including phenoxy) is 1. The molecule has 0 saturated heterocycles. The zero-order valence-electron chi connectivity index (χ0n) is 11.3. The van der Waals surface area contributed by atoms with Gasteiger partial charge in [0.1, 0.15) is 5.75 Å². The SMILES string of the molecule is Cc1[nH]nc(C(=O)NCCCOc2ccccc2)c1N. The Hall–Kier alpha value is -2.50. The van der Waals surface area contributed by atoms with Crippen molar-refractivity contribution in [3.05, 3.63) is 41.7 Å². The summed E-state index contributed by atoms with van der Waals surface area (Å²) in [6, 6.07) is 9.56. The lowest BCUT2D eigenvalue weighted by Gasteiger charge is -2.06. The van der Waals surface area contributed by atoms with Crippen molar-refractivity contribution in [3.8, 4) is 5.75 Å². The van der Waals surface area contributed by atoms with Gasteiger partial charge in [-0.1, -0.05) is 18.2 Å². The standard InChI is InChI=1S/C14H18N4O2/c1-10-12(15)13(18-17-10)14(19)16-8-5-9-20-11-6-3-2-4-7-11/h2-4,6-7H,5,8-9,15H2,1H3,(H,16,19)(H,17,18). The largest absolute Gasteiger partial charge is 0.494 e. The van der Waals surface area contributed by atoms with Crippen molar-refractivity contribution in [3.63, 3.8) is 0 Å². The number of aromatic nitrogens is 2. The van der Waals surface area contributed by atoms with Crippen LogP contribution in [0, 0.1) is 6.92 Å². The van der Waals surface area contributed by atoms with Crippen LogP contribution in [0.15, 0.2) is 30.3 Å². The molecule has 0 aliphatic carbocycles. The number of nitrogens with two attached hydrogens (primary N) is 1. The first kappa shape index (κ1) is 13.9. The number of nitrogens with zero attached hydrogens (tertiary/aromatic N) is 1. The van der Waals surface area contributed by atoms with Crippen LogP contribution in [0.1, 0.15) is 22.6 Å². The normalized spacial score (nSPS) is 10.2. The Morgan fingerprint density at radius 2 is 2.15 bits per heavy atom. The number of amides is 1. The number of nitrogen functional groups attached to an aromatic ring is 1. The molecule has 0 radical (unpaired) electrons. The van der Waals surface area contributed by atoms with E-state index in [2.05, 4.69) is 15.5 Å². The second-order valence-corrected chi connectivity index (χ2v) is 4.38. The Labute approximate surface area is 117 Å². The number of rotatable bonds is 6. The maximum absolute atomic E-state index is 11.8. The van der Waals surface area contributed by atoms with Gasteiger partial charge >= 0.3 is 0 Å². The van der Waals surface area contributed by atoms with E-state index in [9.17, 15) is 4.79 Å². The monoisotopic (exact) mass is 274 g/mol. The van der Waals surface area contributed by atoms with E-state index in [4.69, 9.17) is 10.5 Å². The average molecular weight is 274 g/mol. The number of benzene rings is 1. The van der Waals surface area contributed by atoms with Gasteiger partial charge in [-0.3, -0.25) is 9.89 Å². The molecule has 2 rings (SSSR count). The van der Waals surface area contributed by atoms with Gasteiger partial charge in [0.05, 0.1) is 18.0 Å². The van der Waals surface area contributed by atoms with Crippen LogP contribution in [-0.4, -0.2) is 29.3 Å². The highest BCUT2D eigenvalue weighted by Gasteiger charge is 2.14. The summed E-state index contributed by atoms with van der Waals surface area (Å²) >= 11 is 0. The zero-order valence-corrected chi connectivity index (χ0v) is 11.3. The molecule has 1 heterocycles. The highest BCUT2D eigenvalue weighted by atomic mass is 16.5. The lowest BCUT2D eigenvalue weighted by molar-refractivity contribution is 0.0947. The molecule has 20 heavy (non-hydrogen) atoms. The van der Waals surface area contributed by atoms with Crippen molar-refractivity contribution in [2.75, 3.05) is 18.9 Å². The zero-order chi connectivity index (χ0) is 14.4. The van der Waals surface area contributed by atoms with E-state index < -0.39 is 0 Å². The highest BCUT2D eigenvalue weighted by molar-refractivity contribution is 5.97. The van der Waals surface area contributed by atoms with Crippen LogP contribution >= 0.6 is 0 Å². The molecular formula is C14H18N4O2. The van der Waals surface area contributed by atoms with Crippen LogP contribution < -0.4 is 15.8 Å². The van der Waals surface area contributed by atoms with Crippen molar-refractivity contribution in [2.45, 2.75) is 13.3 Å². The number of aromatic amines is 1. The lowest BCUT2D eigenvalue weighted by Crippen LogP contribution is -2.26. The van der Waals surface area contributed by atoms with Gasteiger partial charge in [-0.05, 0) is 25.5 Å². The first-order valence-electron chi connectivity index (χ1n) is 6.45. The summed E-state index contributed by atoms with van der Waals surface area (Å²) in [5.74, 6) is 0.553. The van der Waals surface area contributed by atoms with Crippen LogP contribution in [0.5, 0.6) is 5.75 Å². The Bertz CT molecular complexity index is 566. The minimum absolute atomic E-state index is 0.242. The molecule has 0 aliphatic heterocycles. The molecule has 6 nitrogen and oxygen atoms in total. The number of para-hydroxylation sites is 1. The maximum Gasteiger partial charge on any atom is 0.273 e. The second-order valence-electron chi connectivity index (χ2n) is 4.38. The summed E-state index contributed by atoms with van der Waals surface area (Å²) in [6.07, 6.45) is 0.712. The fraction of sp³-hybridized carbons (Fsp3) is 0.286. The molecule has 0 bridgehead atoms. The molecule has 4 N–H and O–H groups in total. The highest BCUT2D eigenvalue weighted by Crippen LogP contribution is 2.12. The summed E-state index contributed by atoms with van der Waals surface area (Å²) in [4.78, 5) is 11.8. The van der Waals surface area contributed by atoms with E-state index in [1.54, 1.807) is 6.92 Å². The minimum atomic E-state index is -0.272. The van der Waals surface area contributed by atoms with E-state index in [0.29, 0.717) is 31.0 Å². The molecule has 1 amide bonds. The van der Waals surface area contributed by atoms with Gasteiger partial charge < -0.3 is 15.8 Å². The number of hydrogen-bond acceptors (Lipinski definition) is 4. The smallest absolute Gasteiger partial charge is 0.273 e. The van der Waals surface area contributed by atoms with Gasteiger partial charge in [0, 0.05) is 6.54 Å². The maximum atomic E-state index is 11.8. The van der Waals surface area contributed by atoms with E-state index in [0.717, 1.165) is 5.75 Å². The Morgan fingerprint density at radius 1 is 1.40 bits per heavy atom. The molecule has 1 aromatic heterocycles. The topological polar surface area (TPSA) is 93.0 Å².